The average Bonchev–Trinajstić information content (AvgIpc) is 2.21. The van der Waals surface area contributed by atoms with Gasteiger partial charge in [-0.25, -0.2) is 0 Å². The second kappa shape index (κ2) is 13.0. The number of halogens is 1. The van der Waals surface area contributed by atoms with Gasteiger partial charge in [-0.2, -0.15) is 0 Å². The van der Waals surface area contributed by atoms with Crippen LogP contribution in [0.3, 0.4) is 0 Å². The molecule has 0 rings (SSSR count). The molecule has 0 amide bonds. The zero-order valence-electron chi connectivity index (χ0n) is 10.9. The molecule has 0 aromatic carbocycles. The van der Waals surface area contributed by atoms with E-state index in [9.17, 15) is 0 Å². The third kappa shape index (κ3) is 12.0. The van der Waals surface area contributed by atoms with E-state index < -0.39 is 0 Å². The van der Waals surface area contributed by atoms with E-state index in [2.05, 4.69) is 29.5 Å². The zero-order valence-corrected chi connectivity index (χ0v) is 13.2. The van der Waals surface area contributed by atoms with E-state index in [4.69, 9.17) is 4.74 Å². The Labute approximate surface area is 117 Å². The van der Waals surface area contributed by atoms with Crippen molar-refractivity contribution in [2.75, 3.05) is 33.9 Å². The van der Waals surface area contributed by atoms with E-state index in [-0.39, 0.29) is 24.0 Å². The summed E-state index contributed by atoms with van der Waals surface area (Å²) in [7, 11) is 3.51. The van der Waals surface area contributed by atoms with Crippen molar-refractivity contribution in [3.63, 3.8) is 0 Å². The lowest BCUT2D eigenvalue weighted by atomic mass is 10.1. The van der Waals surface area contributed by atoms with Gasteiger partial charge in [0.25, 0.3) is 0 Å². The standard InChI is InChI=1S/C11H25N3O.HI/c1-10(2)6-8-14-11(12-3)13-7-5-9-15-4;/h10H,5-9H2,1-4H3,(H2,12,13,14);1H. The number of rotatable bonds is 7. The highest BCUT2D eigenvalue weighted by Crippen LogP contribution is 1.95. The molecule has 5 heteroatoms. The van der Waals surface area contributed by atoms with Gasteiger partial charge in [0.2, 0.25) is 0 Å². The molecule has 0 fully saturated rings. The zero-order chi connectivity index (χ0) is 11.5. The van der Waals surface area contributed by atoms with Crippen LogP contribution in [0.25, 0.3) is 0 Å². The largest absolute Gasteiger partial charge is 0.385 e. The quantitative estimate of drug-likeness (QED) is 0.321. The van der Waals surface area contributed by atoms with Gasteiger partial charge in [-0.05, 0) is 18.8 Å². The normalized spacial score (nSPS) is 11.2. The molecule has 16 heavy (non-hydrogen) atoms. The van der Waals surface area contributed by atoms with Gasteiger partial charge in [-0.3, -0.25) is 4.99 Å². The number of nitrogens with one attached hydrogen (secondary N) is 2. The summed E-state index contributed by atoms with van der Waals surface area (Å²) in [6, 6.07) is 0. The van der Waals surface area contributed by atoms with Crippen molar-refractivity contribution in [1.29, 1.82) is 0 Å². The van der Waals surface area contributed by atoms with Crippen LogP contribution in [-0.2, 0) is 4.74 Å². The molecule has 0 aliphatic heterocycles. The third-order valence-electron chi connectivity index (χ3n) is 2.06. The van der Waals surface area contributed by atoms with E-state index in [0.717, 1.165) is 38.0 Å². The Morgan fingerprint density at radius 1 is 1.25 bits per heavy atom. The molecule has 0 radical (unpaired) electrons. The lowest BCUT2D eigenvalue weighted by Gasteiger charge is -2.12. The Morgan fingerprint density at radius 2 is 1.88 bits per heavy atom. The molecular weight excluding hydrogens is 317 g/mol. The van der Waals surface area contributed by atoms with Crippen LogP contribution in [0, 0.1) is 5.92 Å². The summed E-state index contributed by atoms with van der Waals surface area (Å²) in [4.78, 5) is 4.14. The van der Waals surface area contributed by atoms with Crippen molar-refractivity contribution in [1.82, 2.24) is 10.6 Å². The number of ether oxygens (including phenoxy) is 1. The van der Waals surface area contributed by atoms with E-state index in [0.29, 0.717) is 0 Å². The van der Waals surface area contributed by atoms with Gasteiger partial charge in [-0.1, -0.05) is 13.8 Å². The highest BCUT2D eigenvalue weighted by molar-refractivity contribution is 14.0. The number of hydrogen-bond acceptors (Lipinski definition) is 2. The monoisotopic (exact) mass is 343 g/mol. The minimum Gasteiger partial charge on any atom is -0.385 e. The minimum atomic E-state index is 0. The van der Waals surface area contributed by atoms with E-state index in [1.807, 2.05) is 0 Å². The Kier molecular flexibility index (Phi) is 14.9. The fourth-order valence-electron chi connectivity index (χ4n) is 1.12. The van der Waals surface area contributed by atoms with Crippen molar-refractivity contribution in [3.8, 4) is 0 Å². The summed E-state index contributed by atoms with van der Waals surface area (Å²) in [5, 5.41) is 6.51. The molecule has 0 aliphatic rings. The Bertz CT molecular complexity index is 175. The molecule has 0 unspecified atom stereocenters. The fraction of sp³-hybridized carbons (Fsp3) is 0.909. The third-order valence-corrected chi connectivity index (χ3v) is 2.06. The van der Waals surface area contributed by atoms with Gasteiger partial charge in [-0.15, -0.1) is 24.0 Å². The van der Waals surface area contributed by atoms with Gasteiger partial charge < -0.3 is 15.4 Å². The predicted octanol–water partition coefficient (Wildman–Crippen LogP) is 1.85. The average molecular weight is 343 g/mol. The summed E-state index contributed by atoms with van der Waals surface area (Å²) in [5.74, 6) is 1.61. The summed E-state index contributed by atoms with van der Waals surface area (Å²) < 4.78 is 4.97. The molecule has 0 aromatic rings. The summed E-state index contributed by atoms with van der Waals surface area (Å²) in [6.07, 6.45) is 2.17. The van der Waals surface area contributed by atoms with Gasteiger partial charge in [0.1, 0.15) is 0 Å². The first kappa shape index (κ1) is 18.3. The van der Waals surface area contributed by atoms with E-state index >= 15 is 0 Å². The van der Waals surface area contributed by atoms with Crippen LogP contribution >= 0.6 is 24.0 Å². The number of guanidine groups is 1. The Morgan fingerprint density at radius 3 is 2.38 bits per heavy atom. The van der Waals surface area contributed by atoms with Crippen molar-refractivity contribution in [2.45, 2.75) is 26.7 Å². The molecule has 0 aliphatic carbocycles. The first-order chi connectivity index (χ1) is 7.20. The van der Waals surface area contributed by atoms with Gasteiger partial charge in [0.15, 0.2) is 5.96 Å². The second-order valence-corrected chi connectivity index (χ2v) is 3.95. The van der Waals surface area contributed by atoms with Crippen molar-refractivity contribution in [3.05, 3.63) is 0 Å². The van der Waals surface area contributed by atoms with Crippen LogP contribution in [0.5, 0.6) is 0 Å². The predicted molar refractivity (Wildman–Crippen MR) is 80.7 cm³/mol. The molecule has 4 nitrogen and oxygen atoms in total. The van der Waals surface area contributed by atoms with Crippen LogP contribution < -0.4 is 10.6 Å². The SMILES string of the molecule is CN=C(NCCCOC)NCCC(C)C.I. The van der Waals surface area contributed by atoms with Gasteiger partial charge in [0.05, 0.1) is 0 Å². The fourth-order valence-corrected chi connectivity index (χ4v) is 1.12. The maximum atomic E-state index is 4.97. The Balaban J connectivity index is 0. The summed E-state index contributed by atoms with van der Waals surface area (Å²) >= 11 is 0. The van der Waals surface area contributed by atoms with Crippen LogP contribution in [-0.4, -0.2) is 39.8 Å². The highest BCUT2D eigenvalue weighted by atomic mass is 127. The first-order valence-electron chi connectivity index (χ1n) is 5.64. The smallest absolute Gasteiger partial charge is 0.190 e. The number of hydrogen-bond donors (Lipinski definition) is 2. The van der Waals surface area contributed by atoms with Crippen molar-refractivity contribution in [2.24, 2.45) is 10.9 Å². The van der Waals surface area contributed by atoms with Gasteiger partial charge >= 0.3 is 0 Å². The maximum absolute atomic E-state index is 4.97. The van der Waals surface area contributed by atoms with Crippen molar-refractivity contribution < 1.29 is 4.74 Å². The lowest BCUT2D eigenvalue weighted by Crippen LogP contribution is -2.38. The highest BCUT2D eigenvalue weighted by Gasteiger charge is 1.97. The van der Waals surface area contributed by atoms with E-state index in [1.54, 1.807) is 14.2 Å². The molecule has 0 atom stereocenters. The van der Waals surface area contributed by atoms with Crippen LogP contribution in [0.4, 0.5) is 0 Å². The van der Waals surface area contributed by atoms with Crippen molar-refractivity contribution >= 4 is 29.9 Å². The molecular formula is C11H26IN3O. The van der Waals surface area contributed by atoms with Crippen LogP contribution in [0.1, 0.15) is 26.7 Å². The molecule has 0 saturated carbocycles. The minimum absolute atomic E-state index is 0. The summed E-state index contributed by atoms with van der Waals surface area (Å²) in [5.41, 5.74) is 0. The molecule has 2 N–H and O–H groups in total. The molecule has 98 valence electrons. The molecule has 0 spiro atoms. The topological polar surface area (TPSA) is 45.7 Å². The first-order valence-corrected chi connectivity index (χ1v) is 5.64. The van der Waals surface area contributed by atoms with Crippen LogP contribution in [0.15, 0.2) is 4.99 Å². The molecule has 0 heterocycles. The lowest BCUT2D eigenvalue weighted by molar-refractivity contribution is 0.195. The second-order valence-electron chi connectivity index (χ2n) is 3.95. The number of nitrogens with zero attached hydrogens (tertiary/aromatic N) is 1. The number of methoxy groups -OCH3 is 1. The Hall–Kier alpha value is -0.0400. The molecule has 0 aromatic heterocycles. The molecule has 0 bridgehead atoms. The van der Waals surface area contributed by atoms with Gasteiger partial charge in [0, 0.05) is 33.9 Å². The summed E-state index contributed by atoms with van der Waals surface area (Å²) in [6.45, 7) is 7.10. The van der Waals surface area contributed by atoms with E-state index in [1.165, 1.54) is 6.42 Å². The maximum Gasteiger partial charge on any atom is 0.190 e. The van der Waals surface area contributed by atoms with Crippen LogP contribution in [0.2, 0.25) is 0 Å². The molecule has 0 saturated heterocycles. The number of aliphatic imine (C=N–C) groups is 1.